The van der Waals surface area contributed by atoms with Gasteiger partial charge in [0, 0.05) is 23.9 Å². The zero-order chi connectivity index (χ0) is 20.4. The second kappa shape index (κ2) is 8.14. The van der Waals surface area contributed by atoms with Crippen molar-refractivity contribution in [2.24, 2.45) is 0 Å². The van der Waals surface area contributed by atoms with Gasteiger partial charge in [-0.2, -0.15) is 5.10 Å². The highest BCUT2D eigenvalue weighted by atomic mass is 32.2. The van der Waals surface area contributed by atoms with E-state index in [9.17, 15) is 9.18 Å². The molecule has 2 heterocycles. The molecule has 1 fully saturated rings. The smallest absolute Gasteiger partial charge is 0.266 e. The fourth-order valence-corrected chi connectivity index (χ4v) is 4.23. The molecule has 1 amide bonds. The van der Waals surface area contributed by atoms with Gasteiger partial charge in [-0.25, -0.2) is 9.07 Å². The van der Waals surface area contributed by atoms with E-state index >= 15 is 0 Å². The normalized spacial score (nSPS) is 15.3. The van der Waals surface area contributed by atoms with Crippen LogP contribution in [0.25, 0.3) is 23.0 Å². The number of carbonyl (C=O) groups excluding carboxylic acids is 1. The largest absolute Gasteiger partial charge is 0.289 e. The Morgan fingerprint density at radius 3 is 2.55 bits per heavy atom. The summed E-state index contributed by atoms with van der Waals surface area (Å²) in [6.45, 7) is 4.04. The summed E-state index contributed by atoms with van der Waals surface area (Å²) in [6.07, 6.45) is 5.28. The van der Waals surface area contributed by atoms with Crippen LogP contribution in [0.15, 0.2) is 78.4 Å². The number of carbonyl (C=O) groups is 1. The predicted molar refractivity (Wildman–Crippen MR) is 119 cm³/mol. The maximum atomic E-state index is 13.4. The van der Waals surface area contributed by atoms with E-state index in [1.54, 1.807) is 29.0 Å². The van der Waals surface area contributed by atoms with E-state index in [0.717, 1.165) is 16.8 Å². The van der Waals surface area contributed by atoms with E-state index in [1.807, 2.05) is 36.5 Å². The summed E-state index contributed by atoms with van der Waals surface area (Å²) in [7, 11) is 0. The van der Waals surface area contributed by atoms with Gasteiger partial charge in [0.1, 0.15) is 10.1 Å². The molecule has 0 radical (unpaired) electrons. The van der Waals surface area contributed by atoms with Crippen molar-refractivity contribution in [2.75, 3.05) is 6.54 Å². The molecular weight excluding hydrogens is 405 g/mol. The van der Waals surface area contributed by atoms with Crippen molar-refractivity contribution in [3.8, 4) is 16.9 Å². The Morgan fingerprint density at radius 2 is 1.86 bits per heavy atom. The fraction of sp³-hybridized carbons (Fsp3) is 0.0455. The first-order valence-electron chi connectivity index (χ1n) is 8.84. The lowest BCUT2D eigenvalue weighted by Gasteiger charge is -2.10. The van der Waals surface area contributed by atoms with Gasteiger partial charge in [-0.15, -0.1) is 6.58 Å². The van der Waals surface area contributed by atoms with Gasteiger partial charge in [-0.3, -0.25) is 9.69 Å². The second-order valence-electron chi connectivity index (χ2n) is 6.30. The molecule has 0 aliphatic carbocycles. The van der Waals surface area contributed by atoms with Crippen LogP contribution >= 0.6 is 24.0 Å². The van der Waals surface area contributed by atoms with E-state index < -0.39 is 0 Å². The van der Waals surface area contributed by atoms with Crippen LogP contribution in [-0.4, -0.2) is 31.5 Å². The molecule has 1 aliphatic heterocycles. The molecule has 0 atom stereocenters. The van der Waals surface area contributed by atoms with Crippen LogP contribution < -0.4 is 0 Å². The van der Waals surface area contributed by atoms with Crippen molar-refractivity contribution in [3.05, 3.63) is 89.7 Å². The Labute approximate surface area is 177 Å². The Morgan fingerprint density at radius 1 is 1.14 bits per heavy atom. The van der Waals surface area contributed by atoms with Crippen molar-refractivity contribution in [1.29, 1.82) is 0 Å². The zero-order valence-corrected chi connectivity index (χ0v) is 16.9. The topological polar surface area (TPSA) is 38.1 Å². The lowest BCUT2D eigenvalue weighted by molar-refractivity contribution is -0.121. The number of nitrogens with zero attached hydrogens (tertiary/aromatic N) is 3. The SMILES string of the molecule is C=CCN1C(=O)C(=Cc2cn(-c3ccccc3)nc2-c2ccc(F)cc2)SC1=S. The van der Waals surface area contributed by atoms with E-state index in [-0.39, 0.29) is 11.7 Å². The summed E-state index contributed by atoms with van der Waals surface area (Å²) in [4.78, 5) is 14.7. The number of amides is 1. The number of benzene rings is 2. The maximum Gasteiger partial charge on any atom is 0.266 e. The van der Waals surface area contributed by atoms with E-state index in [4.69, 9.17) is 12.2 Å². The Balaban J connectivity index is 1.80. The molecule has 4 nitrogen and oxygen atoms in total. The first-order chi connectivity index (χ1) is 14.1. The van der Waals surface area contributed by atoms with Gasteiger partial charge in [-0.1, -0.05) is 48.3 Å². The lowest BCUT2D eigenvalue weighted by atomic mass is 10.1. The Bertz CT molecular complexity index is 1120. The molecule has 2 aromatic carbocycles. The number of aromatic nitrogens is 2. The van der Waals surface area contributed by atoms with E-state index in [2.05, 4.69) is 11.7 Å². The Kier molecular flexibility index (Phi) is 5.42. The third kappa shape index (κ3) is 3.92. The Hall–Kier alpha value is -3.03. The van der Waals surface area contributed by atoms with Gasteiger partial charge in [-0.05, 0) is 42.5 Å². The van der Waals surface area contributed by atoms with Crippen molar-refractivity contribution >= 4 is 40.3 Å². The maximum absolute atomic E-state index is 13.4. The molecule has 7 heteroatoms. The van der Waals surface area contributed by atoms with E-state index in [1.165, 1.54) is 28.8 Å². The van der Waals surface area contributed by atoms with Gasteiger partial charge in [0.15, 0.2) is 0 Å². The van der Waals surface area contributed by atoms with Crippen LogP contribution in [0.3, 0.4) is 0 Å². The van der Waals surface area contributed by atoms with Gasteiger partial charge in [0.2, 0.25) is 0 Å². The van der Waals surface area contributed by atoms with Gasteiger partial charge >= 0.3 is 0 Å². The zero-order valence-electron chi connectivity index (χ0n) is 15.3. The molecule has 0 bridgehead atoms. The minimum Gasteiger partial charge on any atom is -0.289 e. The number of hydrogen-bond acceptors (Lipinski definition) is 4. The minimum atomic E-state index is -0.317. The fourth-order valence-electron chi connectivity index (χ4n) is 2.97. The molecule has 0 unspecified atom stereocenters. The van der Waals surface area contributed by atoms with Crippen LogP contribution in [-0.2, 0) is 4.79 Å². The van der Waals surface area contributed by atoms with Crippen LogP contribution in [0.1, 0.15) is 5.56 Å². The van der Waals surface area contributed by atoms with Crippen molar-refractivity contribution < 1.29 is 9.18 Å². The molecule has 3 aromatic rings. The molecule has 29 heavy (non-hydrogen) atoms. The highest BCUT2D eigenvalue weighted by Gasteiger charge is 2.31. The van der Waals surface area contributed by atoms with E-state index in [0.29, 0.717) is 21.5 Å². The van der Waals surface area contributed by atoms with Crippen molar-refractivity contribution in [2.45, 2.75) is 0 Å². The molecule has 4 rings (SSSR count). The first-order valence-corrected chi connectivity index (χ1v) is 10.1. The highest BCUT2D eigenvalue weighted by molar-refractivity contribution is 8.26. The van der Waals surface area contributed by atoms with Crippen LogP contribution in [0.4, 0.5) is 4.39 Å². The van der Waals surface area contributed by atoms with Gasteiger partial charge in [0.25, 0.3) is 5.91 Å². The summed E-state index contributed by atoms with van der Waals surface area (Å²) in [6, 6.07) is 15.8. The molecule has 0 saturated carbocycles. The molecule has 1 aliphatic rings. The average molecular weight is 422 g/mol. The monoisotopic (exact) mass is 421 g/mol. The summed E-state index contributed by atoms with van der Waals surface area (Å²) in [5.74, 6) is -0.472. The number of hydrogen-bond donors (Lipinski definition) is 0. The number of para-hydroxylation sites is 1. The van der Waals surface area contributed by atoms with Crippen LogP contribution in [0.5, 0.6) is 0 Å². The second-order valence-corrected chi connectivity index (χ2v) is 7.98. The molecule has 0 spiro atoms. The van der Waals surface area contributed by atoms with Crippen LogP contribution in [0.2, 0.25) is 0 Å². The summed E-state index contributed by atoms with van der Waals surface area (Å²) >= 11 is 6.57. The molecule has 144 valence electrons. The van der Waals surface area contributed by atoms with Crippen molar-refractivity contribution in [3.63, 3.8) is 0 Å². The summed E-state index contributed by atoms with van der Waals surface area (Å²) in [5, 5.41) is 4.69. The first kappa shape index (κ1) is 19.3. The third-order valence-electron chi connectivity index (χ3n) is 4.35. The average Bonchev–Trinajstić information content (AvgIpc) is 3.26. The summed E-state index contributed by atoms with van der Waals surface area (Å²) < 4.78 is 15.6. The van der Waals surface area contributed by atoms with Crippen LogP contribution in [0, 0.1) is 5.82 Å². The predicted octanol–water partition coefficient (Wildman–Crippen LogP) is 5.07. The lowest BCUT2D eigenvalue weighted by Crippen LogP contribution is -2.27. The standard InChI is InChI=1S/C22H16FN3OS2/c1-2-12-25-21(27)19(29-22(25)28)13-16-14-26(18-6-4-3-5-7-18)24-20(16)15-8-10-17(23)11-9-15/h2-11,13-14H,1,12H2. The van der Waals surface area contributed by atoms with Crippen molar-refractivity contribution in [1.82, 2.24) is 14.7 Å². The van der Waals surface area contributed by atoms with Gasteiger partial charge in [0.05, 0.1) is 16.3 Å². The molecular formula is C22H16FN3OS2. The molecule has 0 N–H and O–H groups in total. The number of rotatable bonds is 5. The highest BCUT2D eigenvalue weighted by Crippen LogP contribution is 2.34. The number of thioether (sulfide) groups is 1. The molecule has 1 saturated heterocycles. The third-order valence-corrected chi connectivity index (χ3v) is 5.73. The number of thiocarbonyl (C=S) groups is 1. The minimum absolute atomic E-state index is 0.155. The quantitative estimate of drug-likeness (QED) is 0.328. The number of halogens is 1. The van der Waals surface area contributed by atoms with Gasteiger partial charge < -0.3 is 0 Å². The summed E-state index contributed by atoms with van der Waals surface area (Å²) in [5.41, 5.74) is 3.05. The molecule has 1 aromatic heterocycles.